The Morgan fingerprint density at radius 2 is 1.71 bits per heavy atom. The van der Waals surface area contributed by atoms with Crippen LogP contribution < -0.4 is 14.2 Å². The van der Waals surface area contributed by atoms with Gasteiger partial charge in [-0.1, -0.05) is 71.7 Å². The molecular formula is C32H23Cl2N3O4. The molecule has 4 aromatic carbocycles. The van der Waals surface area contributed by atoms with Gasteiger partial charge in [0.2, 0.25) is 6.79 Å². The number of hydrogen-bond acceptors (Lipinski definition) is 5. The number of H-pyrrole nitrogens is 1. The minimum absolute atomic E-state index is 0.130. The van der Waals surface area contributed by atoms with Gasteiger partial charge in [-0.25, -0.2) is 0 Å². The molecule has 41 heavy (non-hydrogen) atoms. The maximum Gasteiger partial charge on any atom is 0.273 e. The largest absolute Gasteiger partial charge is 0.489 e. The van der Waals surface area contributed by atoms with E-state index in [0.717, 1.165) is 27.8 Å². The summed E-state index contributed by atoms with van der Waals surface area (Å²) in [5, 5.41) is 8.85. The van der Waals surface area contributed by atoms with Crippen LogP contribution in [0.3, 0.4) is 0 Å². The van der Waals surface area contributed by atoms with Gasteiger partial charge in [-0.15, -0.1) is 0 Å². The van der Waals surface area contributed by atoms with Crippen LogP contribution in [-0.2, 0) is 13.2 Å². The van der Waals surface area contributed by atoms with E-state index < -0.39 is 0 Å². The van der Waals surface area contributed by atoms with Crippen LogP contribution in [-0.4, -0.2) is 27.8 Å². The molecule has 0 spiro atoms. The molecule has 1 N–H and O–H groups in total. The number of rotatable bonds is 7. The van der Waals surface area contributed by atoms with E-state index in [4.69, 9.17) is 37.4 Å². The molecule has 0 saturated carbocycles. The summed E-state index contributed by atoms with van der Waals surface area (Å²) in [6, 6.07) is 28.2. The highest BCUT2D eigenvalue weighted by atomic mass is 35.5. The second-order valence-electron chi connectivity index (χ2n) is 9.84. The summed E-state index contributed by atoms with van der Waals surface area (Å²) in [5.41, 5.74) is 5.64. The highest BCUT2D eigenvalue weighted by Crippen LogP contribution is 2.44. The zero-order chi connectivity index (χ0) is 27.9. The van der Waals surface area contributed by atoms with E-state index in [-0.39, 0.29) is 18.7 Å². The summed E-state index contributed by atoms with van der Waals surface area (Å²) in [5.74, 6) is 1.94. The molecule has 7 nitrogen and oxygen atoms in total. The van der Waals surface area contributed by atoms with Gasteiger partial charge in [-0.05, 0) is 53.6 Å². The summed E-state index contributed by atoms with van der Waals surface area (Å²) >= 11 is 12.4. The predicted molar refractivity (Wildman–Crippen MR) is 156 cm³/mol. The maximum absolute atomic E-state index is 13.8. The Balaban J connectivity index is 1.24. The lowest BCUT2D eigenvalue weighted by Crippen LogP contribution is -2.29. The zero-order valence-corrected chi connectivity index (χ0v) is 23.2. The number of halogens is 2. The van der Waals surface area contributed by atoms with Crippen LogP contribution >= 0.6 is 23.2 Å². The summed E-state index contributed by atoms with van der Waals surface area (Å²) in [6.45, 7) is 0.910. The zero-order valence-electron chi connectivity index (χ0n) is 21.6. The standard InChI is InChI=1S/C32H23Cl2N3O4/c33-23-10-6-20(7-11-23)29-28-30(36-35-29)32(38)37(16-19-5-14-26-27(15-19)41-18-40-26)31(28)21-8-12-24(13-9-21)39-17-22-3-1-2-4-25(22)34/h1-15,31H,16-18H2,(H,35,36). The normalized spacial score (nSPS) is 15.3. The average Bonchev–Trinajstić information content (AvgIpc) is 3.70. The molecule has 0 aliphatic carbocycles. The number of fused-ring (bicyclic) bond motifs is 2. The first-order valence-electron chi connectivity index (χ1n) is 13.0. The topological polar surface area (TPSA) is 76.7 Å². The molecule has 1 amide bonds. The van der Waals surface area contributed by atoms with E-state index in [1.165, 1.54) is 0 Å². The molecule has 204 valence electrons. The van der Waals surface area contributed by atoms with Crippen LogP contribution in [0.25, 0.3) is 11.3 Å². The van der Waals surface area contributed by atoms with Crippen LogP contribution in [0.5, 0.6) is 17.2 Å². The molecule has 2 aliphatic heterocycles. The number of benzene rings is 4. The van der Waals surface area contributed by atoms with Crippen molar-refractivity contribution >= 4 is 29.1 Å². The Morgan fingerprint density at radius 1 is 0.927 bits per heavy atom. The molecule has 5 aromatic rings. The Hall–Kier alpha value is -4.46. The SMILES string of the molecule is O=C1c2[nH]nc(-c3ccc(Cl)cc3)c2C(c2ccc(OCc3ccccc3Cl)cc2)N1Cc1ccc2c(c1)OCO2. The lowest BCUT2D eigenvalue weighted by Gasteiger charge is -2.27. The van der Waals surface area contributed by atoms with Crippen LogP contribution in [0.2, 0.25) is 10.0 Å². The van der Waals surface area contributed by atoms with Crippen LogP contribution in [0.15, 0.2) is 91.0 Å². The molecule has 1 aromatic heterocycles. The molecule has 0 saturated heterocycles. The summed E-state index contributed by atoms with van der Waals surface area (Å²) < 4.78 is 17.1. The highest BCUT2D eigenvalue weighted by Gasteiger charge is 2.42. The lowest BCUT2D eigenvalue weighted by molar-refractivity contribution is 0.0730. The van der Waals surface area contributed by atoms with Gasteiger partial charge in [0.05, 0.1) is 11.7 Å². The van der Waals surface area contributed by atoms with Crippen molar-refractivity contribution in [2.45, 2.75) is 19.2 Å². The highest BCUT2D eigenvalue weighted by molar-refractivity contribution is 6.31. The third-order valence-electron chi connectivity index (χ3n) is 7.32. The van der Waals surface area contributed by atoms with Gasteiger partial charge in [0.25, 0.3) is 5.91 Å². The Morgan fingerprint density at radius 3 is 2.51 bits per heavy atom. The van der Waals surface area contributed by atoms with Crippen LogP contribution in [0.4, 0.5) is 0 Å². The van der Waals surface area contributed by atoms with Gasteiger partial charge in [0.1, 0.15) is 18.1 Å². The molecule has 2 aliphatic rings. The Bertz CT molecular complexity index is 1750. The fourth-order valence-electron chi connectivity index (χ4n) is 5.29. The first-order valence-corrected chi connectivity index (χ1v) is 13.8. The van der Waals surface area contributed by atoms with Gasteiger partial charge in [-0.2, -0.15) is 5.10 Å². The smallest absolute Gasteiger partial charge is 0.273 e. The van der Waals surface area contributed by atoms with Crippen molar-refractivity contribution in [3.63, 3.8) is 0 Å². The second-order valence-corrected chi connectivity index (χ2v) is 10.7. The van der Waals surface area contributed by atoms with E-state index in [1.54, 1.807) is 0 Å². The monoisotopic (exact) mass is 583 g/mol. The van der Waals surface area contributed by atoms with Crippen molar-refractivity contribution in [2.24, 2.45) is 0 Å². The maximum atomic E-state index is 13.8. The van der Waals surface area contributed by atoms with Crippen molar-refractivity contribution in [2.75, 3.05) is 6.79 Å². The van der Waals surface area contributed by atoms with E-state index in [0.29, 0.717) is 51.8 Å². The van der Waals surface area contributed by atoms with Gasteiger partial charge < -0.3 is 19.1 Å². The van der Waals surface area contributed by atoms with Crippen molar-refractivity contribution < 1.29 is 19.0 Å². The number of carbonyl (C=O) groups excluding carboxylic acids is 1. The number of aromatic amines is 1. The van der Waals surface area contributed by atoms with Crippen molar-refractivity contribution in [3.8, 4) is 28.5 Å². The molecule has 0 bridgehead atoms. The van der Waals surface area contributed by atoms with Crippen molar-refractivity contribution in [3.05, 3.63) is 129 Å². The van der Waals surface area contributed by atoms with Gasteiger partial charge in [0, 0.05) is 33.3 Å². The molecule has 1 atom stereocenters. The third-order valence-corrected chi connectivity index (χ3v) is 7.94. The number of aromatic nitrogens is 2. The molecule has 9 heteroatoms. The van der Waals surface area contributed by atoms with E-state index in [2.05, 4.69) is 10.2 Å². The predicted octanol–water partition coefficient (Wildman–Crippen LogP) is 7.44. The Labute approximate surface area is 246 Å². The van der Waals surface area contributed by atoms with Gasteiger partial charge in [0.15, 0.2) is 11.5 Å². The van der Waals surface area contributed by atoms with E-state index in [1.807, 2.05) is 95.9 Å². The fourth-order valence-corrected chi connectivity index (χ4v) is 5.61. The molecule has 3 heterocycles. The molecule has 0 fully saturated rings. The van der Waals surface area contributed by atoms with E-state index >= 15 is 0 Å². The van der Waals surface area contributed by atoms with Crippen molar-refractivity contribution in [1.82, 2.24) is 15.1 Å². The lowest BCUT2D eigenvalue weighted by atomic mass is 9.96. The molecule has 0 radical (unpaired) electrons. The van der Waals surface area contributed by atoms with Crippen molar-refractivity contribution in [1.29, 1.82) is 0 Å². The fraction of sp³-hybridized carbons (Fsp3) is 0.125. The number of ether oxygens (including phenoxy) is 3. The number of nitrogens with one attached hydrogen (secondary N) is 1. The average molecular weight is 584 g/mol. The number of nitrogens with zero attached hydrogens (tertiary/aromatic N) is 2. The van der Waals surface area contributed by atoms with Crippen LogP contribution in [0, 0.1) is 0 Å². The van der Waals surface area contributed by atoms with Gasteiger partial charge in [-0.3, -0.25) is 9.89 Å². The Kier molecular flexibility index (Phi) is 6.53. The first-order chi connectivity index (χ1) is 20.0. The molecular weight excluding hydrogens is 561 g/mol. The summed E-state index contributed by atoms with van der Waals surface area (Å²) in [4.78, 5) is 15.7. The minimum atomic E-state index is -0.384. The minimum Gasteiger partial charge on any atom is -0.489 e. The first kappa shape index (κ1) is 25.5. The molecule has 7 rings (SSSR count). The van der Waals surface area contributed by atoms with E-state index in [9.17, 15) is 4.79 Å². The summed E-state index contributed by atoms with van der Waals surface area (Å²) in [6.07, 6.45) is 0. The number of amides is 1. The third kappa shape index (κ3) is 4.77. The number of hydrogen-bond donors (Lipinski definition) is 1. The molecule has 1 unspecified atom stereocenters. The quantitative estimate of drug-likeness (QED) is 0.215. The number of carbonyl (C=O) groups is 1. The van der Waals surface area contributed by atoms with Crippen LogP contribution in [0.1, 0.15) is 38.8 Å². The van der Waals surface area contributed by atoms with Gasteiger partial charge >= 0.3 is 0 Å². The second kappa shape index (κ2) is 10.5. The summed E-state index contributed by atoms with van der Waals surface area (Å²) in [7, 11) is 0.